The summed E-state index contributed by atoms with van der Waals surface area (Å²) in [5, 5.41) is 0. The molecule has 1 aromatic heterocycles. The Balaban J connectivity index is 2.32. The Hall–Kier alpha value is -1.69. The van der Waals surface area contributed by atoms with Gasteiger partial charge in [0.1, 0.15) is 6.04 Å². The van der Waals surface area contributed by atoms with E-state index in [4.69, 9.17) is 10.5 Å². The standard InChI is InChI=1S/C11H16N4O2/c1-7-5-8(2)14-11(13-7)15-3-4-17-6-9(15)10(12)16/h5,9H,3-4,6H2,1-2H3,(H2,12,16)/t9-/m0/s1. The number of primary amides is 1. The van der Waals surface area contributed by atoms with E-state index in [1.807, 2.05) is 24.8 Å². The third-order valence-corrected chi connectivity index (χ3v) is 2.68. The molecule has 6 heteroatoms. The third-order valence-electron chi connectivity index (χ3n) is 2.68. The molecule has 17 heavy (non-hydrogen) atoms. The number of rotatable bonds is 2. The highest BCUT2D eigenvalue weighted by Gasteiger charge is 2.29. The van der Waals surface area contributed by atoms with Crippen molar-refractivity contribution >= 4 is 11.9 Å². The van der Waals surface area contributed by atoms with E-state index in [2.05, 4.69) is 9.97 Å². The Bertz CT molecular complexity index is 415. The molecule has 1 aliphatic heterocycles. The summed E-state index contributed by atoms with van der Waals surface area (Å²) >= 11 is 0. The first kappa shape index (κ1) is 11.8. The van der Waals surface area contributed by atoms with Gasteiger partial charge in [0.15, 0.2) is 0 Å². The number of aromatic nitrogens is 2. The van der Waals surface area contributed by atoms with Crippen molar-refractivity contribution in [2.75, 3.05) is 24.7 Å². The number of aryl methyl sites for hydroxylation is 2. The van der Waals surface area contributed by atoms with Crippen LogP contribution in [-0.4, -0.2) is 41.7 Å². The zero-order valence-corrected chi connectivity index (χ0v) is 10.0. The molecule has 2 N–H and O–H groups in total. The quantitative estimate of drug-likeness (QED) is 0.768. The minimum atomic E-state index is -0.482. The van der Waals surface area contributed by atoms with E-state index in [1.165, 1.54) is 0 Å². The number of amides is 1. The second-order valence-corrected chi connectivity index (χ2v) is 4.14. The zero-order chi connectivity index (χ0) is 12.4. The molecule has 0 bridgehead atoms. The van der Waals surface area contributed by atoms with Gasteiger partial charge in [0, 0.05) is 17.9 Å². The Morgan fingerprint density at radius 1 is 1.47 bits per heavy atom. The van der Waals surface area contributed by atoms with Crippen molar-refractivity contribution in [3.8, 4) is 0 Å². The first-order valence-corrected chi connectivity index (χ1v) is 5.54. The highest BCUT2D eigenvalue weighted by molar-refractivity contribution is 5.83. The van der Waals surface area contributed by atoms with Crippen LogP contribution >= 0.6 is 0 Å². The number of ether oxygens (including phenoxy) is 1. The summed E-state index contributed by atoms with van der Waals surface area (Å²) in [6.45, 7) is 5.23. The molecule has 0 aromatic carbocycles. The first-order chi connectivity index (χ1) is 8.08. The van der Waals surface area contributed by atoms with E-state index in [-0.39, 0.29) is 0 Å². The molecule has 1 fully saturated rings. The number of carbonyl (C=O) groups excluding carboxylic acids is 1. The molecule has 0 radical (unpaired) electrons. The molecule has 6 nitrogen and oxygen atoms in total. The van der Waals surface area contributed by atoms with E-state index in [9.17, 15) is 4.79 Å². The lowest BCUT2D eigenvalue weighted by Gasteiger charge is -2.33. The molecular weight excluding hydrogens is 220 g/mol. The van der Waals surface area contributed by atoms with Crippen LogP contribution in [0.25, 0.3) is 0 Å². The van der Waals surface area contributed by atoms with Crippen molar-refractivity contribution < 1.29 is 9.53 Å². The van der Waals surface area contributed by atoms with Crippen LogP contribution in [-0.2, 0) is 9.53 Å². The number of nitrogens with zero attached hydrogens (tertiary/aromatic N) is 3. The average Bonchev–Trinajstić information content (AvgIpc) is 2.27. The lowest BCUT2D eigenvalue weighted by atomic mass is 10.2. The predicted molar refractivity (Wildman–Crippen MR) is 62.7 cm³/mol. The molecule has 1 atom stereocenters. The van der Waals surface area contributed by atoms with Crippen LogP contribution in [0.4, 0.5) is 5.95 Å². The first-order valence-electron chi connectivity index (χ1n) is 5.54. The third kappa shape index (κ3) is 2.52. The van der Waals surface area contributed by atoms with Crippen molar-refractivity contribution in [2.45, 2.75) is 19.9 Å². The van der Waals surface area contributed by atoms with E-state index < -0.39 is 11.9 Å². The minimum Gasteiger partial charge on any atom is -0.377 e. The largest absolute Gasteiger partial charge is 0.377 e. The maximum absolute atomic E-state index is 11.4. The summed E-state index contributed by atoms with van der Waals surface area (Å²) in [6.07, 6.45) is 0. The van der Waals surface area contributed by atoms with E-state index in [1.54, 1.807) is 0 Å². The number of nitrogens with two attached hydrogens (primary N) is 1. The molecule has 0 aliphatic carbocycles. The van der Waals surface area contributed by atoms with Crippen molar-refractivity contribution in [1.29, 1.82) is 0 Å². The molecule has 1 amide bonds. The Morgan fingerprint density at radius 3 is 2.71 bits per heavy atom. The normalized spacial score (nSPS) is 20.4. The van der Waals surface area contributed by atoms with Gasteiger partial charge in [-0.1, -0.05) is 0 Å². The van der Waals surface area contributed by atoms with Crippen LogP contribution in [0.5, 0.6) is 0 Å². The second kappa shape index (κ2) is 4.67. The highest BCUT2D eigenvalue weighted by atomic mass is 16.5. The fourth-order valence-corrected chi connectivity index (χ4v) is 1.91. The molecule has 2 heterocycles. The molecule has 1 aliphatic rings. The molecule has 0 spiro atoms. The zero-order valence-electron chi connectivity index (χ0n) is 10.0. The Morgan fingerprint density at radius 2 is 2.12 bits per heavy atom. The number of carbonyl (C=O) groups is 1. The lowest BCUT2D eigenvalue weighted by molar-refractivity contribution is -0.121. The summed E-state index contributed by atoms with van der Waals surface area (Å²) in [7, 11) is 0. The van der Waals surface area contributed by atoms with Crippen LogP contribution in [0.3, 0.4) is 0 Å². The van der Waals surface area contributed by atoms with Gasteiger partial charge in [-0.2, -0.15) is 0 Å². The molecule has 1 saturated heterocycles. The van der Waals surface area contributed by atoms with Crippen LogP contribution in [0, 0.1) is 13.8 Å². The number of anilines is 1. The smallest absolute Gasteiger partial charge is 0.242 e. The second-order valence-electron chi connectivity index (χ2n) is 4.14. The summed E-state index contributed by atoms with van der Waals surface area (Å²) < 4.78 is 5.26. The lowest BCUT2D eigenvalue weighted by Crippen LogP contribution is -2.53. The van der Waals surface area contributed by atoms with Crippen LogP contribution in [0.1, 0.15) is 11.4 Å². The summed E-state index contributed by atoms with van der Waals surface area (Å²) in [4.78, 5) is 21.8. The molecule has 92 valence electrons. The van der Waals surface area contributed by atoms with Gasteiger partial charge in [-0.15, -0.1) is 0 Å². The van der Waals surface area contributed by atoms with E-state index >= 15 is 0 Å². The summed E-state index contributed by atoms with van der Waals surface area (Å²) in [5.74, 6) is 0.141. The van der Waals surface area contributed by atoms with Gasteiger partial charge in [0.05, 0.1) is 13.2 Å². The predicted octanol–water partition coefficient (Wildman–Crippen LogP) is -0.216. The summed E-state index contributed by atoms with van der Waals surface area (Å²) in [5.41, 5.74) is 7.11. The number of morpholine rings is 1. The molecule has 1 aromatic rings. The summed E-state index contributed by atoms with van der Waals surface area (Å²) in [6, 6.07) is 1.41. The van der Waals surface area contributed by atoms with Crippen molar-refractivity contribution in [2.24, 2.45) is 5.73 Å². The van der Waals surface area contributed by atoms with E-state index in [0.717, 1.165) is 11.4 Å². The maximum atomic E-state index is 11.4. The van der Waals surface area contributed by atoms with Gasteiger partial charge in [0.25, 0.3) is 0 Å². The van der Waals surface area contributed by atoms with Crippen LogP contribution in [0.15, 0.2) is 6.07 Å². The van der Waals surface area contributed by atoms with Gasteiger partial charge in [-0.3, -0.25) is 4.79 Å². The van der Waals surface area contributed by atoms with Crippen molar-refractivity contribution in [3.05, 3.63) is 17.5 Å². The topological polar surface area (TPSA) is 81.3 Å². The van der Waals surface area contributed by atoms with Crippen molar-refractivity contribution in [1.82, 2.24) is 9.97 Å². The average molecular weight is 236 g/mol. The van der Waals surface area contributed by atoms with Gasteiger partial charge in [-0.25, -0.2) is 9.97 Å². The molecule has 0 unspecified atom stereocenters. The monoisotopic (exact) mass is 236 g/mol. The van der Waals surface area contributed by atoms with Gasteiger partial charge in [0.2, 0.25) is 11.9 Å². The fraction of sp³-hybridized carbons (Fsp3) is 0.545. The van der Waals surface area contributed by atoms with Crippen LogP contribution < -0.4 is 10.6 Å². The molecule has 0 saturated carbocycles. The Kier molecular flexibility index (Phi) is 3.23. The van der Waals surface area contributed by atoms with Gasteiger partial charge < -0.3 is 15.4 Å². The van der Waals surface area contributed by atoms with E-state index in [0.29, 0.717) is 25.7 Å². The minimum absolute atomic E-state index is 0.297. The van der Waals surface area contributed by atoms with Crippen LogP contribution in [0.2, 0.25) is 0 Å². The molecule has 2 rings (SSSR count). The SMILES string of the molecule is Cc1cc(C)nc(N2CCOC[C@H]2C(N)=O)n1. The van der Waals surface area contributed by atoms with Gasteiger partial charge in [-0.05, 0) is 19.9 Å². The number of hydrogen-bond acceptors (Lipinski definition) is 5. The maximum Gasteiger partial charge on any atom is 0.242 e. The highest BCUT2D eigenvalue weighted by Crippen LogP contribution is 2.16. The number of hydrogen-bond donors (Lipinski definition) is 1. The van der Waals surface area contributed by atoms with Crippen molar-refractivity contribution in [3.63, 3.8) is 0 Å². The Labute approximate surface area is 99.8 Å². The molecular formula is C11H16N4O2. The van der Waals surface area contributed by atoms with Gasteiger partial charge >= 0.3 is 0 Å². The fourth-order valence-electron chi connectivity index (χ4n) is 1.91.